The largest absolute Gasteiger partial charge is 0.481 e. The molecule has 0 aromatic heterocycles. The summed E-state index contributed by atoms with van der Waals surface area (Å²) >= 11 is 5.66. The number of rotatable bonds is 4. The number of anilines is 1. The van der Waals surface area contributed by atoms with E-state index in [4.69, 9.17) is 26.6 Å². The predicted octanol–water partition coefficient (Wildman–Crippen LogP) is 2.22. The van der Waals surface area contributed by atoms with Crippen molar-refractivity contribution in [3.8, 4) is 0 Å². The van der Waals surface area contributed by atoms with Crippen LogP contribution >= 0.6 is 11.6 Å². The monoisotopic (exact) mass is 244 g/mol. The number of nitrogens with two attached hydrogens (primary N) is 1. The smallest absolute Gasteiger partial charge is 0.306 e. The summed E-state index contributed by atoms with van der Waals surface area (Å²) in [5.41, 5.74) is 5.16. The van der Waals surface area contributed by atoms with E-state index >= 15 is 0 Å². The molecule has 0 bridgehead atoms. The van der Waals surface area contributed by atoms with Crippen LogP contribution in [0.15, 0.2) is 18.2 Å². The molecule has 2 unspecified atom stereocenters. The molecule has 0 aliphatic rings. The van der Waals surface area contributed by atoms with Crippen LogP contribution in [0.5, 0.6) is 0 Å². The van der Waals surface area contributed by atoms with E-state index in [0.29, 0.717) is 0 Å². The Balaban J connectivity index is 3.26. The van der Waals surface area contributed by atoms with Gasteiger partial charge < -0.3 is 10.8 Å². The molecule has 0 aliphatic carbocycles. The minimum atomic E-state index is -2.32. The van der Waals surface area contributed by atoms with Crippen LogP contribution in [-0.4, -0.2) is 16.9 Å². The molecule has 16 heavy (non-hydrogen) atoms. The van der Waals surface area contributed by atoms with Crippen LogP contribution in [0.2, 0.25) is 5.02 Å². The first-order valence-electron chi connectivity index (χ1n) is 5.92. The Morgan fingerprint density at radius 3 is 2.94 bits per heavy atom. The Morgan fingerprint density at radius 1 is 1.81 bits per heavy atom. The third kappa shape index (κ3) is 2.97. The molecule has 0 spiro atoms. The lowest BCUT2D eigenvalue weighted by molar-refractivity contribution is -0.141. The molecule has 0 heterocycles. The van der Waals surface area contributed by atoms with E-state index in [1.54, 1.807) is 0 Å². The van der Waals surface area contributed by atoms with Crippen LogP contribution in [-0.2, 0) is 4.79 Å². The molecule has 86 valence electrons. The maximum Gasteiger partial charge on any atom is 0.306 e. The van der Waals surface area contributed by atoms with E-state index in [1.165, 1.54) is 12.1 Å². The summed E-state index contributed by atoms with van der Waals surface area (Å²) in [5, 5.41) is 8.99. The average Bonchev–Trinajstić information content (AvgIpc) is 2.25. The van der Waals surface area contributed by atoms with E-state index < -0.39 is 24.0 Å². The molecule has 0 radical (unpaired) electrons. The third-order valence-corrected chi connectivity index (χ3v) is 2.09. The van der Waals surface area contributed by atoms with Crippen LogP contribution in [0, 0.1) is 5.89 Å². The number of carboxylic acids is 1. The van der Waals surface area contributed by atoms with Crippen molar-refractivity contribution in [2.75, 3.05) is 5.73 Å². The first-order valence-corrected chi connectivity index (χ1v) is 4.72. The van der Waals surface area contributed by atoms with Crippen molar-refractivity contribution < 1.29 is 18.8 Å². The van der Waals surface area contributed by atoms with Crippen LogP contribution in [0.25, 0.3) is 0 Å². The molecular formula is C11H12ClNO3. The molecule has 0 fully saturated rings. The van der Waals surface area contributed by atoms with E-state index in [0.717, 1.165) is 6.92 Å². The number of hydrogen-bond donors (Lipinski definition) is 2. The van der Waals surface area contributed by atoms with Gasteiger partial charge in [0.1, 0.15) is 0 Å². The molecule has 4 nitrogen and oxygen atoms in total. The van der Waals surface area contributed by atoms with Crippen molar-refractivity contribution in [3.63, 3.8) is 0 Å². The fourth-order valence-electron chi connectivity index (χ4n) is 1.03. The molecule has 2 atom stereocenters. The highest BCUT2D eigenvalue weighted by Gasteiger charge is 2.18. The highest BCUT2D eigenvalue weighted by atomic mass is 35.5. The maximum absolute atomic E-state index is 12.0. The van der Waals surface area contributed by atoms with E-state index in [2.05, 4.69) is 0 Å². The quantitative estimate of drug-likeness (QED) is 0.629. The minimum absolute atomic E-state index is 0.110. The molecule has 0 amide bonds. The van der Waals surface area contributed by atoms with Gasteiger partial charge in [-0.25, -0.2) is 0 Å². The zero-order chi connectivity index (χ0) is 15.0. The van der Waals surface area contributed by atoms with Gasteiger partial charge in [-0.3, -0.25) is 9.59 Å². The van der Waals surface area contributed by atoms with Crippen molar-refractivity contribution >= 4 is 29.0 Å². The van der Waals surface area contributed by atoms with E-state index in [-0.39, 0.29) is 22.3 Å². The number of aliphatic carboxylic acids is 1. The molecule has 0 saturated carbocycles. The summed E-state index contributed by atoms with van der Waals surface area (Å²) in [4.78, 5) is 22.9. The minimum Gasteiger partial charge on any atom is -0.481 e. The van der Waals surface area contributed by atoms with Gasteiger partial charge in [0.2, 0.25) is 0 Å². The van der Waals surface area contributed by atoms with Crippen LogP contribution in [0.4, 0.5) is 5.69 Å². The van der Waals surface area contributed by atoms with Gasteiger partial charge in [-0.15, -0.1) is 0 Å². The summed E-state index contributed by atoms with van der Waals surface area (Å²) < 4.78 is 22.7. The number of hydrogen-bond acceptors (Lipinski definition) is 3. The fraction of sp³-hybridized carbons (Fsp3) is 0.273. The number of carboxylic acid groups (broad SMARTS) is 1. The van der Waals surface area contributed by atoms with Crippen molar-refractivity contribution in [1.82, 2.24) is 0 Å². The lowest BCUT2D eigenvalue weighted by Gasteiger charge is -2.07. The van der Waals surface area contributed by atoms with Crippen molar-refractivity contribution in [3.05, 3.63) is 28.8 Å². The first-order chi connectivity index (χ1) is 8.59. The summed E-state index contributed by atoms with van der Waals surface area (Å²) in [6, 6.07) is 2.11. The number of halogens is 1. The van der Waals surface area contributed by atoms with Gasteiger partial charge in [-0.2, -0.15) is 0 Å². The lowest BCUT2D eigenvalue weighted by atomic mass is 9.99. The Labute approximate surface area is 102 Å². The zero-order valence-corrected chi connectivity index (χ0v) is 9.21. The van der Waals surface area contributed by atoms with Crippen LogP contribution < -0.4 is 5.73 Å². The number of carbonyl (C=O) groups excluding carboxylic acids is 1. The molecule has 1 aromatic carbocycles. The molecule has 0 aliphatic heterocycles. The number of ketones is 1. The summed E-state index contributed by atoms with van der Waals surface area (Å²) in [7, 11) is 0. The molecular weight excluding hydrogens is 230 g/mol. The average molecular weight is 245 g/mol. The van der Waals surface area contributed by atoms with Crippen LogP contribution in [0.1, 0.15) is 27.8 Å². The summed E-state index contributed by atoms with van der Waals surface area (Å²) in [6.07, 6.45) is -1.89. The fourth-order valence-corrected chi connectivity index (χ4v) is 1.20. The lowest BCUT2D eigenvalue weighted by Crippen LogP contribution is -2.15. The van der Waals surface area contributed by atoms with Crippen LogP contribution in [0.3, 0.4) is 0 Å². The second-order valence-corrected chi connectivity index (χ2v) is 3.58. The Hall–Kier alpha value is -1.55. The summed E-state index contributed by atoms with van der Waals surface area (Å²) in [6.45, 7) is 0.945. The van der Waals surface area contributed by atoms with Gasteiger partial charge in [0.05, 0.1) is 7.26 Å². The topological polar surface area (TPSA) is 80.4 Å². The zero-order valence-electron chi connectivity index (χ0n) is 11.5. The molecule has 5 heteroatoms. The molecule has 3 N–H and O–H groups in total. The number of carbonyl (C=O) groups is 2. The maximum atomic E-state index is 12.0. The third-order valence-electron chi connectivity index (χ3n) is 1.87. The van der Waals surface area contributed by atoms with Crippen molar-refractivity contribution in [1.29, 1.82) is 0 Å². The second kappa shape index (κ2) is 4.99. The highest BCUT2D eigenvalue weighted by molar-refractivity contribution is 6.31. The Kier molecular flexibility index (Phi) is 2.67. The molecule has 1 rings (SSSR count). The molecule has 1 aromatic rings. The van der Waals surface area contributed by atoms with Gasteiger partial charge in [0.25, 0.3) is 0 Å². The van der Waals surface area contributed by atoms with E-state index in [1.807, 2.05) is 0 Å². The summed E-state index contributed by atoms with van der Waals surface area (Å²) in [5.74, 6) is -4.91. The van der Waals surface area contributed by atoms with Gasteiger partial charge in [-0.05, 0) is 18.2 Å². The number of nitrogen functional groups attached to an aromatic ring is 1. The van der Waals surface area contributed by atoms with Gasteiger partial charge in [-0.1, -0.05) is 18.5 Å². The predicted molar refractivity (Wildman–Crippen MR) is 61.6 cm³/mol. The van der Waals surface area contributed by atoms with E-state index in [9.17, 15) is 9.59 Å². The Morgan fingerprint density at radius 2 is 2.44 bits per heavy atom. The van der Waals surface area contributed by atoms with Gasteiger partial charge in [0, 0.05) is 25.4 Å². The first kappa shape index (κ1) is 8.58. The van der Waals surface area contributed by atoms with Gasteiger partial charge >= 0.3 is 5.97 Å². The molecule has 0 saturated heterocycles. The number of Topliss-reactive ketones (excluding diaryl/α,β-unsaturated/α-hetero) is 1. The second-order valence-electron chi connectivity index (χ2n) is 3.14. The van der Waals surface area contributed by atoms with Crippen molar-refractivity contribution in [2.24, 2.45) is 5.89 Å². The number of benzene rings is 1. The SMILES string of the molecule is [2H]c1cc(Cl)cc(N)c1C(=O)C([2H])C([2H])(C)C(=O)O. The standard InChI is InChI=1S/C11H12ClNO3/c1-6(11(15)16)4-10(14)8-3-2-7(12)5-9(8)13/h2-3,5-6H,4,13H2,1H3,(H,15,16)/i3D,4D,6D. The Bertz CT molecular complexity index is 525. The normalized spacial score (nSPS) is 18.8. The van der Waals surface area contributed by atoms with Crippen molar-refractivity contribution in [2.45, 2.75) is 13.3 Å². The van der Waals surface area contributed by atoms with Gasteiger partial charge in [0.15, 0.2) is 5.78 Å². The highest BCUT2D eigenvalue weighted by Crippen LogP contribution is 2.20.